The second-order valence-electron chi connectivity index (χ2n) is 4.74. The van der Waals surface area contributed by atoms with E-state index < -0.39 is 12.1 Å². The number of amides is 2. The van der Waals surface area contributed by atoms with Gasteiger partial charge in [0.1, 0.15) is 6.04 Å². The highest BCUT2D eigenvalue weighted by molar-refractivity contribution is 5.90. The summed E-state index contributed by atoms with van der Waals surface area (Å²) in [4.78, 5) is 23.8. The normalized spacial score (nSPS) is 13.7. The molecule has 1 aromatic carbocycles. The molecular weight excluding hydrogens is 242 g/mol. The summed E-state index contributed by atoms with van der Waals surface area (Å²) in [7, 11) is 1.53. The third kappa shape index (κ3) is 4.06. The first-order chi connectivity index (χ1) is 8.97. The number of rotatable bonds is 5. The van der Waals surface area contributed by atoms with Crippen molar-refractivity contribution < 1.29 is 9.59 Å². The van der Waals surface area contributed by atoms with Crippen LogP contribution < -0.4 is 16.4 Å². The highest BCUT2D eigenvalue weighted by Gasteiger charge is 2.25. The van der Waals surface area contributed by atoms with Crippen LogP contribution in [-0.2, 0) is 9.59 Å². The number of carbonyl (C=O) groups excluding carboxylic acids is 2. The lowest BCUT2D eigenvalue weighted by atomic mass is 10.0. The van der Waals surface area contributed by atoms with Gasteiger partial charge in [-0.15, -0.1) is 0 Å². The number of hydrogen-bond donors (Lipinski definition) is 3. The van der Waals surface area contributed by atoms with Crippen LogP contribution in [0.1, 0.15) is 25.5 Å². The van der Waals surface area contributed by atoms with Crippen molar-refractivity contribution in [2.75, 3.05) is 7.05 Å². The van der Waals surface area contributed by atoms with Gasteiger partial charge >= 0.3 is 0 Å². The van der Waals surface area contributed by atoms with E-state index in [0.717, 1.165) is 5.56 Å². The molecular formula is C14H21N3O2. The van der Waals surface area contributed by atoms with Crippen molar-refractivity contribution in [3.63, 3.8) is 0 Å². The van der Waals surface area contributed by atoms with Gasteiger partial charge in [-0.2, -0.15) is 0 Å². The Morgan fingerprint density at radius 2 is 1.68 bits per heavy atom. The zero-order valence-electron chi connectivity index (χ0n) is 11.5. The van der Waals surface area contributed by atoms with Crippen LogP contribution in [0.5, 0.6) is 0 Å². The predicted octanol–water partition coefficient (Wildman–Crippen LogP) is 0.573. The van der Waals surface area contributed by atoms with E-state index in [-0.39, 0.29) is 17.7 Å². The molecule has 0 saturated carbocycles. The fourth-order valence-corrected chi connectivity index (χ4v) is 1.63. The van der Waals surface area contributed by atoms with E-state index in [4.69, 9.17) is 5.73 Å². The van der Waals surface area contributed by atoms with Crippen LogP contribution in [-0.4, -0.2) is 24.9 Å². The molecule has 0 aliphatic heterocycles. The largest absolute Gasteiger partial charge is 0.357 e. The molecule has 0 spiro atoms. The Morgan fingerprint density at radius 3 is 2.16 bits per heavy atom. The Morgan fingerprint density at radius 1 is 1.11 bits per heavy atom. The molecule has 0 heterocycles. The maximum Gasteiger partial charge on any atom is 0.246 e. The van der Waals surface area contributed by atoms with E-state index in [1.807, 2.05) is 32.0 Å². The Labute approximate surface area is 113 Å². The second-order valence-corrected chi connectivity index (χ2v) is 4.74. The Bertz CT molecular complexity index is 432. The van der Waals surface area contributed by atoms with Gasteiger partial charge in [-0.1, -0.05) is 44.2 Å². The molecule has 0 fully saturated rings. The Hall–Kier alpha value is -1.88. The first-order valence-corrected chi connectivity index (χ1v) is 6.29. The summed E-state index contributed by atoms with van der Waals surface area (Å²) in [6, 6.07) is 7.73. The fraction of sp³-hybridized carbons (Fsp3) is 0.429. The SMILES string of the molecule is CNC(=O)[C@H](NC(=O)[C@@H](N)C(C)C)c1ccccc1. The number of hydrogen-bond acceptors (Lipinski definition) is 3. The first-order valence-electron chi connectivity index (χ1n) is 6.29. The zero-order chi connectivity index (χ0) is 14.4. The standard InChI is InChI=1S/C14H21N3O2/c1-9(2)11(15)13(18)17-12(14(19)16-3)10-7-5-4-6-8-10/h4-9,11-12H,15H2,1-3H3,(H,16,19)(H,17,18)/t11-,12+/m0/s1. The van der Waals surface area contributed by atoms with E-state index in [1.54, 1.807) is 12.1 Å². The quantitative estimate of drug-likeness (QED) is 0.726. The van der Waals surface area contributed by atoms with Gasteiger partial charge in [-0.25, -0.2) is 0 Å². The van der Waals surface area contributed by atoms with E-state index >= 15 is 0 Å². The summed E-state index contributed by atoms with van der Waals surface area (Å²) in [5.41, 5.74) is 6.51. The lowest BCUT2D eigenvalue weighted by Gasteiger charge is -2.21. The summed E-state index contributed by atoms with van der Waals surface area (Å²) < 4.78 is 0. The van der Waals surface area contributed by atoms with Gasteiger partial charge in [-0.05, 0) is 11.5 Å². The molecule has 5 nitrogen and oxygen atoms in total. The van der Waals surface area contributed by atoms with Crippen LogP contribution in [0.2, 0.25) is 0 Å². The number of carbonyl (C=O) groups is 2. The fourth-order valence-electron chi connectivity index (χ4n) is 1.63. The smallest absolute Gasteiger partial charge is 0.246 e. The Kier molecular flexibility index (Phi) is 5.51. The van der Waals surface area contributed by atoms with Crippen LogP contribution in [0, 0.1) is 5.92 Å². The zero-order valence-corrected chi connectivity index (χ0v) is 11.5. The summed E-state index contributed by atoms with van der Waals surface area (Å²) in [5.74, 6) is -0.580. The monoisotopic (exact) mass is 263 g/mol. The molecule has 19 heavy (non-hydrogen) atoms. The van der Waals surface area contributed by atoms with Crippen LogP contribution in [0.4, 0.5) is 0 Å². The first kappa shape index (κ1) is 15.2. The van der Waals surface area contributed by atoms with Crippen molar-refractivity contribution in [2.45, 2.75) is 25.9 Å². The molecule has 0 bridgehead atoms. The van der Waals surface area contributed by atoms with Crippen LogP contribution in [0.25, 0.3) is 0 Å². The van der Waals surface area contributed by atoms with E-state index in [9.17, 15) is 9.59 Å². The molecule has 0 aliphatic carbocycles. The molecule has 0 aromatic heterocycles. The molecule has 104 valence electrons. The predicted molar refractivity (Wildman–Crippen MR) is 74.2 cm³/mol. The molecule has 0 saturated heterocycles. The molecule has 1 aromatic rings. The Balaban J connectivity index is 2.88. The van der Waals surface area contributed by atoms with Crippen molar-refractivity contribution in [2.24, 2.45) is 11.7 Å². The lowest BCUT2D eigenvalue weighted by molar-refractivity contribution is -0.130. The highest BCUT2D eigenvalue weighted by atomic mass is 16.2. The average Bonchev–Trinajstić information content (AvgIpc) is 2.43. The van der Waals surface area contributed by atoms with Gasteiger partial charge in [0.2, 0.25) is 11.8 Å². The van der Waals surface area contributed by atoms with Crippen molar-refractivity contribution in [3.8, 4) is 0 Å². The maximum absolute atomic E-state index is 12.0. The van der Waals surface area contributed by atoms with Gasteiger partial charge in [-0.3, -0.25) is 9.59 Å². The van der Waals surface area contributed by atoms with Crippen molar-refractivity contribution in [1.29, 1.82) is 0 Å². The maximum atomic E-state index is 12.0. The molecule has 0 aliphatic rings. The average molecular weight is 263 g/mol. The summed E-state index contributed by atoms with van der Waals surface area (Å²) in [6.45, 7) is 3.73. The summed E-state index contributed by atoms with van der Waals surface area (Å²) in [6.07, 6.45) is 0. The van der Waals surface area contributed by atoms with Gasteiger partial charge in [0, 0.05) is 7.05 Å². The van der Waals surface area contributed by atoms with Crippen molar-refractivity contribution >= 4 is 11.8 Å². The van der Waals surface area contributed by atoms with E-state index in [1.165, 1.54) is 7.05 Å². The van der Waals surface area contributed by atoms with Crippen molar-refractivity contribution in [3.05, 3.63) is 35.9 Å². The number of nitrogens with one attached hydrogen (secondary N) is 2. The second kappa shape index (κ2) is 6.89. The third-order valence-corrected chi connectivity index (χ3v) is 2.95. The third-order valence-electron chi connectivity index (χ3n) is 2.95. The van der Waals surface area contributed by atoms with Crippen LogP contribution in [0.3, 0.4) is 0 Å². The summed E-state index contributed by atoms with van der Waals surface area (Å²) >= 11 is 0. The molecule has 0 unspecified atom stereocenters. The topological polar surface area (TPSA) is 84.2 Å². The number of benzene rings is 1. The molecule has 5 heteroatoms. The van der Waals surface area contributed by atoms with E-state index in [0.29, 0.717) is 0 Å². The number of nitrogens with two attached hydrogens (primary N) is 1. The molecule has 2 atom stereocenters. The van der Waals surface area contributed by atoms with Crippen LogP contribution in [0.15, 0.2) is 30.3 Å². The molecule has 1 rings (SSSR count). The minimum absolute atomic E-state index is 0.0149. The molecule has 0 radical (unpaired) electrons. The minimum Gasteiger partial charge on any atom is -0.357 e. The van der Waals surface area contributed by atoms with Gasteiger partial charge < -0.3 is 16.4 Å². The highest BCUT2D eigenvalue weighted by Crippen LogP contribution is 2.13. The number of likely N-dealkylation sites (N-methyl/N-ethyl adjacent to an activating group) is 1. The summed E-state index contributed by atoms with van der Waals surface area (Å²) in [5, 5.41) is 5.23. The molecule has 4 N–H and O–H groups in total. The molecule has 2 amide bonds. The lowest BCUT2D eigenvalue weighted by Crippen LogP contribution is -2.48. The van der Waals surface area contributed by atoms with Gasteiger partial charge in [0.05, 0.1) is 6.04 Å². The minimum atomic E-state index is -0.719. The van der Waals surface area contributed by atoms with Crippen molar-refractivity contribution in [1.82, 2.24) is 10.6 Å². The van der Waals surface area contributed by atoms with Gasteiger partial charge in [0.25, 0.3) is 0 Å². The van der Waals surface area contributed by atoms with Gasteiger partial charge in [0.15, 0.2) is 0 Å². The van der Waals surface area contributed by atoms with Crippen LogP contribution >= 0.6 is 0 Å². The van der Waals surface area contributed by atoms with E-state index in [2.05, 4.69) is 10.6 Å².